The first-order chi connectivity index (χ1) is 8.56. The number of hydrogen-bond acceptors (Lipinski definition) is 2. The van der Waals surface area contributed by atoms with Gasteiger partial charge in [0.25, 0.3) is 0 Å². The summed E-state index contributed by atoms with van der Waals surface area (Å²) in [6.45, 7) is 6.95. The lowest BCUT2D eigenvalue weighted by molar-refractivity contribution is -0.129. The molecule has 0 radical (unpaired) electrons. The average molecular weight is 244 g/mol. The predicted molar refractivity (Wildman–Crippen MR) is 73.2 cm³/mol. The molecule has 0 bridgehead atoms. The van der Waals surface area contributed by atoms with Gasteiger partial charge in [0, 0.05) is 5.71 Å². The van der Waals surface area contributed by atoms with E-state index in [0.29, 0.717) is 18.9 Å². The Hall–Kier alpha value is -1.64. The lowest BCUT2D eigenvalue weighted by atomic mass is 10.1. The molecule has 0 atom stereocenters. The molecule has 0 saturated heterocycles. The molecule has 0 aromatic heterocycles. The van der Waals surface area contributed by atoms with Crippen LogP contribution in [-0.2, 0) is 11.3 Å². The SMILES string of the molecule is Cc1ccccc1CN1N=C(CC(C)C)CC1=O. The van der Waals surface area contributed by atoms with Crippen LogP contribution in [0.15, 0.2) is 29.4 Å². The van der Waals surface area contributed by atoms with Crippen molar-refractivity contribution in [1.82, 2.24) is 5.01 Å². The Kier molecular flexibility index (Phi) is 3.80. The number of amides is 1. The molecule has 0 N–H and O–H groups in total. The van der Waals surface area contributed by atoms with Crippen molar-refractivity contribution in [2.75, 3.05) is 0 Å². The van der Waals surface area contributed by atoms with Crippen molar-refractivity contribution in [3.05, 3.63) is 35.4 Å². The Morgan fingerprint density at radius 2 is 2.06 bits per heavy atom. The minimum absolute atomic E-state index is 0.119. The summed E-state index contributed by atoms with van der Waals surface area (Å²) < 4.78 is 0. The fourth-order valence-electron chi connectivity index (χ4n) is 2.18. The standard InChI is InChI=1S/C15H20N2O/c1-11(2)8-14-9-15(18)17(16-14)10-13-7-5-4-6-12(13)3/h4-7,11H,8-10H2,1-3H3. The summed E-state index contributed by atoms with van der Waals surface area (Å²) in [5.41, 5.74) is 3.39. The van der Waals surface area contributed by atoms with Crippen LogP contribution in [-0.4, -0.2) is 16.6 Å². The van der Waals surface area contributed by atoms with Gasteiger partial charge in [-0.15, -0.1) is 0 Å². The maximum Gasteiger partial charge on any atom is 0.248 e. The van der Waals surface area contributed by atoms with Gasteiger partial charge in [-0.1, -0.05) is 38.1 Å². The zero-order valence-corrected chi connectivity index (χ0v) is 11.3. The largest absolute Gasteiger partial charge is 0.273 e. The maximum atomic E-state index is 11.9. The highest BCUT2D eigenvalue weighted by molar-refractivity contribution is 6.04. The van der Waals surface area contributed by atoms with Crippen LogP contribution >= 0.6 is 0 Å². The van der Waals surface area contributed by atoms with Gasteiger partial charge in [-0.25, -0.2) is 5.01 Å². The van der Waals surface area contributed by atoms with Crippen LogP contribution in [0.3, 0.4) is 0 Å². The van der Waals surface area contributed by atoms with E-state index in [-0.39, 0.29) is 5.91 Å². The molecule has 1 aliphatic heterocycles. The van der Waals surface area contributed by atoms with Gasteiger partial charge in [-0.3, -0.25) is 4.79 Å². The van der Waals surface area contributed by atoms with Crippen LogP contribution in [0.2, 0.25) is 0 Å². The molecular weight excluding hydrogens is 224 g/mol. The number of hydrogen-bond donors (Lipinski definition) is 0. The van der Waals surface area contributed by atoms with Gasteiger partial charge in [-0.2, -0.15) is 5.10 Å². The van der Waals surface area contributed by atoms with E-state index in [4.69, 9.17) is 0 Å². The molecule has 1 aromatic carbocycles. The van der Waals surface area contributed by atoms with E-state index in [1.165, 1.54) is 11.1 Å². The fourth-order valence-corrected chi connectivity index (χ4v) is 2.18. The van der Waals surface area contributed by atoms with Crippen LogP contribution in [0.25, 0.3) is 0 Å². The Morgan fingerprint density at radius 3 is 2.72 bits per heavy atom. The van der Waals surface area contributed by atoms with Crippen molar-refractivity contribution in [2.45, 2.75) is 40.2 Å². The van der Waals surface area contributed by atoms with E-state index in [1.807, 2.05) is 12.1 Å². The van der Waals surface area contributed by atoms with E-state index in [1.54, 1.807) is 5.01 Å². The Labute approximate surface area is 108 Å². The minimum Gasteiger partial charge on any atom is -0.273 e. The summed E-state index contributed by atoms with van der Waals surface area (Å²) in [5, 5.41) is 6.06. The molecule has 3 heteroatoms. The van der Waals surface area contributed by atoms with Crippen molar-refractivity contribution in [1.29, 1.82) is 0 Å². The first-order valence-corrected chi connectivity index (χ1v) is 6.47. The zero-order valence-electron chi connectivity index (χ0n) is 11.3. The van der Waals surface area contributed by atoms with Gasteiger partial charge < -0.3 is 0 Å². The maximum absolute atomic E-state index is 11.9. The molecular formula is C15H20N2O. The number of nitrogens with zero attached hydrogens (tertiary/aromatic N) is 2. The molecule has 3 nitrogen and oxygen atoms in total. The van der Waals surface area contributed by atoms with E-state index >= 15 is 0 Å². The molecule has 1 amide bonds. The highest BCUT2D eigenvalue weighted by Crippen LogP contribution is 2.18. The lowest BCUT2D eigenvalue weighted by Gasteiger charge is -2.13. The smallest absolute Gasteiger partial charge is 0.248 e. The first-order valence-electron chi connectivity index (χ1n) is 6.47. The first kappa shape index (κ1) is 12.8. The molecule has 96 valence electrons. The Morgan fingerprint density at radius 1 is 1.33 bits per heavy atom. The topological polar surface area (TPSA) is 32.7 Å². The molecule has 0 aliphatic carbocycles. The Bertz CT molecular complexity index is 477. The lowest BCUT2D eigenvalue weighted by Crippen LogP contribution is -2.20. The summed E-state index contributed by atoms with van der Waals surface area (Å²) in [6, 6.07) is 8.13. The van der Waals surface area contributed by atoms with Crippen LogP contribution < -0.4 is 0 Å². The van der Waals surface area contributed by atoms with Gasteiger partial charge in [-0.05, 0) is 30.4 Å². The van der Waals surface area contributed by atoms with E-state index in [0.717, 1.165) is 12.1 Å². The predicted octanol–water partition coefficient (Wildman–Crippen LogP) is 3.13. The molecule has 18 heavy (non-hydrogen) atoms. The monoisotopic (exact) mass is 244 g/mol. The number of hydrazone groups is 1. The van der Waals surface area contributed by atoms with Crippen molar-refractivity contribution >= 4 is 11.6 Å². The second-order valence-electron chi connectivity index (χ2n) is 5.32. The number of rotatable bonds is 4. The van der Waals surface area contributed by atoms with Crippen LogP contribution in [0, 0.1) is 12.8 Å². The highest BCUT2D eigenvalue weighted by Gasteiger charge is 2.24. The third-order valence-corrected chi connectivity index (χ3v) is 3.13. The number of carbonyl (C=O) groups is 1. The minimum atomic E-state index is 0.119. The molecule has 0 saturated carbocycles. The number of benzene rings is 1. The average Bonchev–Trinajstić information content (AvgIpc) is 2.61. The molecule has 1 aliphatic rings. The molecule has 0 fully saturated rings. The molecule has 0 unspecified atom stereocenters. The van der Waals surface area contributed by atoms with Gasteiger partial charge in [0.15, 0.2) is 0 Å². The Balaban J connectivity index is 2.08. The third-order valence-electron chi connectivity index (χ3n) is 3.13. The van der Waals surface area contributed by atoms with Gasteiger partial charge in [0.2, 0.25) is 5.91 Å². The van der Waals surface area contributed by atoms with Crippen LogP contribution in [0.5, 0.6) is 0 Å². The molecule has 2 rings (SSSR count). The van der Waals surface area contributed by atoms with E-state index < -0.39 is 0 Å². The number of aryl methyl sites for hydroxylation is 1. The van der Waals surface area contributed by atoms with Crippen molar-refractivity contribution in [3.8, 4) is 0 Å². The second kappa shape index (κ2) is 5.34. The van der Waals surface area contributed by atoms with Crippen molar-refractivity contribution < 1.29 is 4.79 Å². The van der Waals surface area contributed by atoms with Crippen molar-refractivity contribution in [2.24, 2.45) is 11.0 Å². The van der Waals surface area contributed by atoms with Crippen molar-refractivity contribution in [3.63, 3.8) is 0 Å². The van der Waals surface area contributed by atoms with E-state index in [2.05, 4.69) is 38.0 Å². The molecule has 0 spiro atoms. The van der Waals surface area contributed by atoms with Crippen LogP contribution in [0.4, 0.5) is 0 Å². The molecule has 1 aromatic rings. The summed E-state index contributed by atoms with van der Waals surface area (Å²) in [6.07, 6.45) is 1.40. The number of carbonyl (C=O) groups excluding carboxylic acids is 1. The normalized spacial score (nSPS) is 15.4. The summed E-state index contributed by atoms with van der Waals surface area (Å²) in [7, 11) is 0. The van der Waals surface area contributed by atoms with Gasteiger partial charge in [0.05, 0.1) is 13.0 Å². The summed E-state index contributed by atoms with van der Waals surface area (Å²) in [4.78, 5) is 11.9. The summed E-state index contributed by atoms with van der Waals surface area (Å²) in [5.74, 6) is 0.670. The fraction of sp³-hybridized carbons (Fsp3) is 0.467. The second-order valence-corrected chi connectivity index (χ2v) is 5.32. The zero-order chi connectivity index (χ0) is 13.1. The quantitative estimate of drug-likeness (QED) is 0.801. The molecule has 1 heterocycles. The third kappa shape index (κ3) is 2.97. The van der Waals surface area contributed by atoms with Crippen LogP contribution in [0.1, 0.15) is 37.8 Å². The highest BCUT2D eigenvalue weighted by atomic mass is 16.2. The summed E-state index contributed by atoms with van der Waals surface area (Å²) >= 11 is 0. The van der Waals surface area contributed by atoms with Gasteiger partial charge >= 0.3 is 0 Å². The van der Waals surface area contributed by atoms with Gasteiger partial charge in [0.1, 0.15) is 0 Å². The van der Waals surface area contributed by atoms with E-state index in [9.17, 15) is 4.79 Å².